The Morgan fingerprint density at radius 1 is 1.12 bits per heavy atom. The summed E-state index contributed by atoms with van der Waals surface area (Å²) in [5.74, 6) is -0.172. The second-order valence-electron chi connectivity index (χ2n) is 5.77. The van der Waals surface area contributed by atoms with Gasteiger partial charge in [-0.15, -0.1) is 0 Å². The predicted octanol–water partition coefficient (Wildman–Crippen LogP) is 4.64. The molecular weight excluding hydrogens is 384 g/mol. The highest BCUT2D eigenvalue weighted by Gasteiger charge is 2.17. The molecule has 0 aliphatic heterocycles. The minimum absolute atomic E-state index is 0.137. The Bertz CT molecular complexity index is 949. The standard InChI is InChI=1S/C19H17BrN2O3/c1-11(13-5-3-7-15(9-13)22-12(2)23)21-19(24)17-10-14-6-4-8-16(20)18(14)25-17/h3-11H,1-2H3,(H,21,24)(H,22,23). The summed E-state index contributed by atoms with van der Waals surface area (Å²) >= 11 is 3.41. The number of hydrogen-bond donors (Lipinski definition) is 2. The van der Waals surface area contributed by atoms with Crippen molar-refractivity contribution in [2.75, 3.05) is 5.32 Å². The maximum atomic E-state index is 12.5. The molecule has 1 aromatic heterocycles. The predicted molar refractivity (Wildman–Crippen MR) is 101 cm³/mol. The summed E-state index contributed by atoms with van der Waals surface area (Å²) in [6.07, 6.45) is 0. The van der Waals surface area contributed by atoms with Gasteiger partial charge in [0.15, 0.2) is 5.76 Å². The highest BCUT2D eigenvalue weighted by atomic mass is 79.9. The van der Waals surface area contributed by atoms with E-state index in [1.807, 2.05) is 43.3 Å². The van der Waals surface area contributed by atoms with Gasteiger partial charge in [0.25, 0.3) is 5.91 Å². The molecule has 2 N–H and O–H groups in total. The van der Waals surface area contributed by atoms with E-state index in [4.69, 9.17) is 4.42 Å². The molecule has 0 aliphatic rings. The monoisotopic (exact) mass is 400 g/mol. The van der Waals surface area contributed by atoms with Gasteiger partial charge in [0.2, 0.25) is 5.91 Å². The van der Waals surface area contributed by atoms with Gasteiger partial charge < -0.3 is 15.1 Å². The fraction of sp³-hybridized carbons (Fsp3) is 0.158. The zero-order valence-electron chi connectivity index (χ0n) is 13.8. The summed E-state index contributed by atoms with van der Waals surface area (Å²) in [7, 11) is 0. The highest BCUT2D eigenvalue weighted by Crippen LogP contribution is 2.27. The van der Waals surface area contributed by atoms with Crippen molar-refractivity contribution in [3.63, 3.8) is 0 Å². The molecule has 25 heavy (non-hydrogen) atoms. The molecule has 1 unspecified atom stereocenters. The molecular formula is C19H17BrN2O3. The lowest BCUT2D eigenvalue weighted by Gasteiger charge is -2.14. The average Bonchev–Trinajstić information content (AvgIpc) is 3.00. The summed E-state index contributed by atoms with van der Waals surface area (Å²) in [6.45, 7) is 3.33. The van der Waals surface area contributed by atoms with Crippen LogP contribution in [-0.4, -0.2) is 11.8 Å². The molecule has 0 spiro atoms. The second kappa shape index (κ2) is 7.11. The first kappa shape index (κ1) is 17.2. The number of nitrogens with one attached hydrogen (secondary N) is 2. The van der Waals surface area contributed by atoms with Crippen molar-refractivity contribution in [3.05, 3.63) is 64.3 Å². The zero-order valence-corrected chi connectivity index (χ0v) is 15.4. The van der Waals surface area contributed by atoms with Gasteiger partial charge in [-0.1, -0.05) is 24.3 Å². The molecule has 2 aromatic carbocycles. The van der Waals surface area contributed by atoms with Crippen molar-refractivity contribution in [2.24, 2.45) is 0 Å². The first-order valence-electron chi connectivity index (χ1n) is 7.80. The van der Waals surface area contributed by atoms with E-state index in [9.17, 15) is 9.59 Å². The molecule has 0 saturated heterocycles. The summed E-state index contributed by atoms with van der Waals surface area (Å²) in [5, 5.41) is 6.51. The Balaban J connectivity index is 1.77. The Hall–Kier alpha value is -2.60. The minimum atomic E-state index is -0.291. The van der Waals surface area contributed by atoms with Crippen LogP contribution >= 0.6 is 15.9 Å². The number of carbonyl (C=O) groups excluding carboxylic acids is 2. The Morgan fingerprint density at radius 3 is 2.60 bits per heavy atom. The number of halogens is 1. The molecule has 128 valence electrons. The first-order valence-corrected chi connectivity index (χ1v) is 8.60. The van der Waals surface area contributed by atoms with Gasteiger partial charge in [-0.2, -0.15) is 0 Å². The smallest absolute Gasteiger partial charge is 0.287 e. The van der Waals surface area contributed by atoms with Crippen molar-refractivity contribution in [3.8, 4) is 0 Å². The highest BCUT2D eigenvalue weighted by molar-refractivity contribution is 9.10. The van der Waals surface area contributed by atoms with E-state index in [1.165, 1.54) is 6.92 Å². The quantitative estimate of drug-likeness (QED) is 0.669. The van der Waals surface area contributed by atoms with Gasteiger partial charge in [0.05, 0.1) is 10.5 Å². The summed E-state index contributed by atoms with van der Waals surface area (Å²) in [6, 6.07) is 14.5. The van der Waals surface area contributed by atoms with Crippen LogP contribution in [0.2, 0.25) is 0 Å². The van der Waals surface area contributed by atoms with Crippen LogP contribution in [0.3, 0.4) is 0 Å². The maximum Gasteiger partial charge on any atom is 0.287 e. The number of rotatable bonds is 4. The van der Waals surface area contributed by atoms with Gasteiger partial charge in [0.1, 0.15) is 5.58 Å². The molecule has 0 fully saturated rings. The van der Waals surface area contributed by atoms with Crippen molar-refractivity contribution < 1.29 is 14.0 Å². The van der Waals surface area contributed by atoms with Crippen LogP contribution in [0.1, 0.15) is 36.0 Å². The van der Waals surface area contributed by atoms with Crippen LogP contribution in [0, 0.1) is 0 Å². The molecule has 1 atom stereocenters. The topological polar surface area (TPSA) is 71.3 Å². The number of amides is 2. The molecule has 2 amide bonds. The maximum absolute atomic E-state index is 12.5. The van der Waals surface area contributed by atoms with Crippen LogP contribution in [0.5, 0.6) is 0 Å². The third-order valence-corrected chi connectivity index (χ3v) is 4.40. The third kappa shape index (κ3) is 3.91. The molecule has 6 heteroatoms. The fourth-order valence-corrected chi connectivity index (χ4v) is 3.04. The summed E-state index contributed by atoms with van der Waals surface area (Å²) in [5.41, 5.74) is 2.23. The van der Waals surface area contributed by atoms with E-state index in [1.54, 1.807) is 12.1 Å². The number of fused-ring (bicyclic) bond motifs is 1. The van der Waals surface area contributed by atoms with E-state index < -0.39 is 0 Å². The van der Waals surface area contributed by atoms with Crippen molar-refractivity contribution in [2.45, 2.75) is 19.9 Å². The number of hydrogen-bond acceptors (Lipinski definition) is 3. The average molecular weight is 401 g/mol. The number of carbonyl (C=O) groups is 2. The summed E-state index contributed by atoms with van der Waals surface area (Å²) in [4.78, 5) is 23.7. The van der Waals surface area contributed by atoms with Crippen LogP contribution in [0.25, 0.3) is 11.0 Å². The Morgan fingerprint density at radius 2 is 1.88 bits per heavy atom. The van der Waals surface area contributed by atoms with Gasteiger partial charge >= 0.3 is 0 Å². The minimum Gasteiger partial charge on any atom is -0.450 e. The van der Waals surface area contributed by atoms with Crippen LogP contribution in [-0.2, 0) is 4.79 Å². The zero-order chi connectivity index (χ0) is 18.0. The number of para-hydroxylation sites is 1. The van der Waals surface area contributed by atoms with Crippen molar-refractivity contribution >= 4 is 44.4 Å². The van der Waals surface area contributed by atoms with E-state index in [0.29, 0.717) is 11.3 Å². The van der Waals surface area contributed by atoms with Crippen molar-refractivity contribution in [1.82, 2.24) is 5.32 Å². The fourth-order valence-electron chi connectivity index (χ4n) is 2.58. The third-order valence-electron chi connectivity index (χ3n) is 3.77. The van der Waals surface area contributed by atoms with E-state index in [-0.39, 0.29) is 23.6 Å². The number of benzene rings is 2. The number of furan rings is 1. The lowest BCUT2D eigenvalue weighted by Crippen LogP contribution is -2.26. The van der Waals surface area contributed by atoms with Crippen LogP contribution in [0.15, 0.2) is 57.4 Å². The SMILES string of the molecule is CC(=O)Nc1cccc(C(C)NC(=O)c2cc3cccc(Br)c3o2)c1. The van der Waals surface area contributed by atoms with E-state index >= 15 is 0 Å². The largest absolute Gasteiger partial charge is 0.450 e. The van der Waals surface area contributed by atoms with Crippen molar-refractivity contribution in [1.29, 1.82) is 0 Å². The molecule has 3 aromatic rings. The van der Waals surface area contributed by atoms with Crippen LogP contribution in [0.4, 0.5) is 5.69 Å². The van der Waals surface area contributed by atoms with Gasteiger partial charge in [0, 0.05) is 18.0 Å². The molecule has 0 saturated carbocycles. The van der Waals surface area contributed by atoms with E-state index in [2.05, 4.69) is 26.6 Å². The molecule has 5 nitrogen and oxygen atoms in total. The lowest BCUT2D eigenvalue weighted by molar-refractivity contribution is -0.114. The van der Waals surface area contributed by atoms with Gasteiger partial charge in [-0.3, -0.25) is 9.59 Å². The second-order valence-corrected chi connectivity index (χ2v) is 6.62. The van der Waals surface area contributed by atoms with Gasteiger partial charge in [-0.25, -0.2) is 0 Å². The number of anilines is 1. The molecule has 0 aliphatic carbocycles. The summed E-state index contributed by atoms with van der Waals surface area (Å²) < 4.78 is 6.46. The Kier molecular flexibility index (Phi) is 4.90. The Labute approximate surface area is 153 Å². The van der Waals surface area contributed by atoms with E-state index in [0.717, 1.165) is 15.4 Å². The molecule has 0 bridgehead atoms. The lowest BCUT2D eigenvalue weighted by atomic mass is 10.1. The first-order chi connectivity index (χ1) is 11.9. The van der Waals surface area contributed by atoms with Gasteiger partial charge in [-0.05, 0) is 52.7 Å². The van der Waals surface area contributed by atoms with Crippen LogP contribution < -0.4 is 10.6 Å². The molecule has 1 heterocycles. The molecule has 3 rings (SSSR count). The normalized spacial score (nSPS) is 12.0. The molecule has 0 radical (unpaired) electrons.